The largest absolute Gasteiger partial charge is 0.481 e. The van der Waals surface area contributed by atoms with Gasteiger partial charge < -0.3 is 5.11 Å². The summed E-state index contributed by atoms with van der Waals surface area (Å²) < 4.78 is 65.9. The molecule has 0 spiro atoms. The Bertz CT molecular complexity index is 972. The van der Waals surface area contributed by atoms with E-state index in [-0.39, 0.29) is 30.4 Å². The molecule has 2 aliphatic carbocycles. The summed E-state index contributed by atoms with van der Waals surface area (Å²) in [4.78, 5) is 10.6. The van der Waals surface area contributed by atoms with Crippen LogP contribution < -0.4 is 4.72 Å². The zero-order valence-corrected chi connectivity index (χ0v) is 18.4. The van der Waals surface area contributed by atoms with E-state index >= 15 is 0 Å². The minimum atomic E-state index is -4.49. The number of nitrogens with one attached hydrogen (secondary N) is 1. The van der Waals surface area contributed by atoms with Gasteiger partial charge in [-0.05, 0) is 79.5 Å². The molecule has 0 heterocycles. The molecular weight excluding hydrogens is 443 g/mol. The van der Waals surface area contributed by atoms with E-state index in [0.717, 1.165) is 42.9 Å². The predicted octanol–water partition coefficient (Wildman–Crippen LogP) is 5.07. The smallest absolute Gasteiger partial charge is 0.416 e. The first-order valence-corrected chi connectivity index (χ1v) is 12.3. The number of hydrogen-bond donors (Lipinski definition) is 2. The second kappa shape index (κ2) is 10.2. The molecule has 176 valence electrons. The van der Waals surface area contributed by atoms with E-state index in [1.807, 2.05) is 6.08 Å². The summed E-state index contributed by atoms with van der Waals surface area (Å²) in [6, 6.07) is 4.51. The van der Waals surface area contributed by atoms with Crippen molar-refractivity contribution in [3.8, 4) is 0 Å². The molecule has 2 saturated carbocycles. The van der Waals surface area contributed by atoms with Gasteiger partial charge in [-0.15, -0.1) is 0 Å². The third kappa shape index (κ3) is 6.68. The van der Waals surface area contributed by atoms with Crippen molar-refractivity contribution in [1.29, 1.82) is 0 Å². The summed E-state index contributed by atoms with van der Waals surface area (Å²) in [7, 11) is -3.80. The number of unbranched alkanes of at least 4 members (excludes halogenated alkanes) is 1. The van der Waals surface area contributed by atoms with Crippen LogP contribution in [0.25, 0.3) is 6.08 Å². The Morgan fingerprint density at radius 3 is 2.69 bits per heavy atom. The van der Waals surface area contributed by atoms with E-state index < -0.39 is 27.7 Å². The quantitative estimate of drug-likeness (QED) is 0.369. The Morgan fingerprint density at radius 2 is 1.97 bits per heavy atom. The Labute approximate surface area is 186 Å². The van der Waals surface area contributed by atoms with Crippen molar-refractivity contribution in [1.82, 2.24) is 4.72 Å². The van der Waals surface area contributed by atoms with Crippen LogP contribution in [-0.2, 0) is 21.0 Å². The minimum absolute atomic E-state index is 0.127. The number of fused-ring (bicyclic) bond motifs is 2. The Morgan fingerprint density at radius 1 is 1.22 bits per heavy atom. The van der Waals surface area contributed by atoms with Crippen LogP contribution in [0.15, 0.2) is 41.8 Å². The molecule has 0 aliphatic heterocycles. The molecule has 0 saturated heterocycles. The number of allylic oxidation sites excluding steroid dienone is 2. The Balaban J connectivity index is 1.58. The van der Waals surface area contributed by atoms with E-state index in [1.165, 1.54) is 12.1 Å². The van der Waals surface area contributed by atoms with Crippen LogP contribution in [0.2, 0.25) is 0 Å². The molecule has 0 aromatic heterocycles. The highest BCUT2D eigenvalue weighted by molar-refractivity contribution is 7.92. The fourth-order valence-corrected chi connectivity index (χ4v) is 5.79. The maximum absolute atomic E-state index is 12.8. The zero-order valence-electron chi connectivity index (χ0n) is 17.6. The average Bonchev–Trinajstić information content (AvgIpc) is 3.32. The monoisotopic (exact) mass is 471 g/mol. The van der Waals surface area contributed by atoms with Crippen LogP contribution in [0, 0.1) is 23.7 Å². The van der Waals surface area contributed by atoms with Crippen LogP contribution in [0.3, 0.4) is 0 Å². The van der Waals surface area contributed by atoms with Crippen molar-refractivity contribution in [3.05, 3.63) is 53.0 Å². The molecular formula is C23H28F3NO4S. The molecule has 4 atom stereocenters. The maximum Gasteiger partial charge on any atom is 0.416 e. The van der Waals surface area contributed by atoms with Crippen LogP contribution in [0.1, 0.15) is 49.7 Å². The van der Waals surface area contributed by atoms with E-state index in [2.05, 4.69) is 10.8 Å². The van der Waals surface area contributed by atoms with Crippen LogP contribution in [-0.4, -0.2) is 26.0 Å². The number of sulfonamides is 1. The average molecular weight is 472 g/mol. The summed E-state index contributed by atoms with van der Waals surface area (Å²) >= 11 is 0. The van der Waals surface area contributed by atoms with E-state index in [0.29, 0.717) is 24.7 Å². The second-order valence-electron chi connectivity index (χ2n) is 8.61. The van der Waals surface area contributed by atoms with Gasteiger partial charge in [-0.25, -0.2) is 13.1 Å². The number of hydrogen-bond acceptors (Lipinski definition) is 3. The molecule has 1 aromatic carbocycles. The third-order valence-corrected chi connectivity index (χ3v) is 7.51. The Hall–Kier alpha value is -2.13. The van der Waals surface area contributed by atoms with Gasteiger partial charge in [0.25, 0.3) is 0 Å². The number of carbonyl (C=O) groups is 1. The van der Waals surface area contributed by atoms with Crippen LogP contribution >= 0.6 is 0 Å². The summed E-state index contributed by atoms with van der Waals surface area (Å²) in [5.41, 5.74) is -0.669. The van der Waals surface area contributed by atoms with Gasteiger partial charge in [-0.1, -0.05) is 24.3 Å². The van der Waals surface area contributed by atoms with Gasteiger partial charge in [-0.3, -0.25) is 4.79 Å². The standard InChI is InChI=1S/C23H28F3NO4S/c24-23(25,26)19-6-4-5-16(13-19)11-12-32(30,31)27-15-21-18-10-9-17(14-18)20(21)7-2-1-3-8-22(28)29/h2,4-7,11-13,17-18,20-21,27H,1,3,8-10,14-15H2,(H,28,29)/b7-2+,12-11+. The van der Waals surface area contributed by atoms with Gasteiger partial charge >= 0.3 is 12.1 Å². The fourth-order valence-electron chi connectivity index (χ4n) is 4.93. The van der Waals surface area contributed by atoms with Crippen LogP contribution in [0.4, 0.5) is 13.2 Å². The number of halogens is 3. The first-order valence-electron chi connectivity index (χ1n) is 10.8. The van der Waals surface area contributed by atoms with E-state index in [9.17, 15) is 26.4 Å². The number of carboxylic acid groups (broad SMARTS) is 1. The van der Waals surface area contributed by atoms with Crippen molar-refractivity contribution in [2.75, 3.05) is 6.54 Å². The first kappa shape index (κ1) is 24.5. The van der Waals surface area contributed by atoms with Gasteiger partial charge in [0, 0.05) is 18.4 Å². The minimum Gasteiger partial charge on any atom is -0.481 e. The normalized spacial score (nSPS) is 25.8. The van der Waals surface area contributed by atoms with Gasteiger partial charge in [0.15, 0.2) is 0 Å². The SMILES string of the molecule is O=C(O)CCC/C=C/C1C2CCC(C2)C1CNS(=O)(=O)/C=C/c1cccc(C(F)(F)F)c1. The van der Waals surface area contributed by atoms with Crippen molar-refractivity contribution in [3.63, 3.8) is 0 Å². The number of benzene rings is 1. The molecule has 3 rings (SSSR count). The lowest BCUT2D eigenvalue weighted by atomic mass is 9.79. The second-order valence-corrected chi connectivity index (χ2v) is 10.3. The van der Waals surface area contributed by atoms with Gasteiger partial charge in [0.05, 0.1) is 5.56 Å². The fraction of sp³-hybridized carbons (Fsp3) is 0.522. The highest BCUT2D eigenvalue weighted by atomic mass is 32.2. The van der Waals surface area contributed by atoms with E-state index in [1.54, 1.807) is 0 Å². The molecule has 2 aliphatic rings. The topological polar surface area (TPSA) is 83.5 Å². The Kier molecular flexibility index (Phi) is 7.82. The lowest BCUT2D eigenvalue weighted by Gasteiger charge is -2.29. The summed E-state index contributed by atoms with van der Waals surface area (Å²) in [6.45, 7) is 0.278. The molecule has 5 nitrogen and oxygen atoms in total. The first-order chi connectivity index (χ1) is 15.0. The molecule has 2 N–H and O–H groups in total. The summed E-state index contributed by atoms with van der Waals surface area (Å²) in [6.07, 6.45) is 5.43. The van der Waals surface area contributed by atoms with Gasteiger partial charge in [0.1, 0.15) is 0 Å². The molecule has 9 heteroatoms. The van der Waals surface area contributed by atoms with Crippen molar-refractivity contribution in [2.45, 2.75) is 44.7 Å². The predicted molar refractivity (Wildman–Crippen MR) is 116 cm³/mol. The highest BCUT2D eigenvalue weighted by Gasteiger charge is 2.46. The maximum atomic E-state index is 12.8. The highest BCUT2D eigenvalue weighted by Crippen LogP contribution is 2.52. The molecule has 2 fully saturated rings. The van der Waals surface area contributed by atoms with Crippen LogP contribution in [0.5, 0.6) is 0 Å². The zero-order chi connectivity index (χ0) is 23.4. The molecule has 0 radical (unpaired) electrons. The molecule has 1 aromatic rings. The molecule has 0 amide bonds. The lowest BCUT2D eigenvalue weighted by Crippen LogP contribution is -2.34. The van der Waals surface area contributed by atoms with Gasteiger partial charge in [0.2, 0.25) is 10.0 Å². The van der Waals surface area contributed by atoms with Gasteiger partial charge in [-0.2, -0.15) is 13.2 Å². The van der Waals surface area contributed by atoms with Crippen molar-refractivity contribution in [2.24, 2.45) is 23.7 Å². The molecule has 4 unspecified atom stereocenters. The lowest BCUT2D eigenvalue weighted by molar-refractivity contribution is -0.138. The summed E-state index contributed by atoms with van der Waals surface area (Å²) in [5, 5.41) is 9.63. The van der Waals surface area contributed by atoms with E-state index in [4.69, 9.17) is 5.11 Å². The molecule has 32 heavy (non-hydrogen) atoms. The summed E-state index contributed by atoms with van der Waals surface area (Å²) in [5.74, 6) is 0.577. The number of aliphatic carboxylic acids is 1. The molecule has 2 bridgehead atoms. The number of rotatable bonds is 10. The third-order valence-electron chi connectivity index (χ3n) is 6.45. The van der Waals surface area contributed by atoms with Crippen molar-refractivity contribution >= 4 is 22.1 Å². The number of alkyl halides is 3. The number of carboxylic acids is 1. The van der Waals surface area contributed by atoms with Crippen molar-refractivity contribution < 1.29 is 31.5 Å².